The van der Waals surface area contributed by atoms with Gasteiger partial charge in [0.15, 0.2) is 5.78 Å². The van der Waals surface area contributed by atoms with E-state index in [0.29, 0.717) is 5.69 Å². The molecule has 0 saturated heterocycles. The van der Waals surface area contributed by atoms with Crippen LogP contribution in [-0.2, 0) is 22.4 Å². The van der Waals surface area contributed by atoms with Crippen LogP contribution in [0.15, 0.2) is 23.8 Å². The van der Waals surface area contributed by atoms with Gasteiger partial charge >= 0.3 is 5.97 Å². The van der Waals surface area contributed by atoms with Crippen molar-refractivity contribution in [2.24, 2.45) is 5.41 Å². The number of fused-ring (bicyclic) bond motifs is 1. The third-order valence-corrected chi connectivity index (χ3v) is 4.38. The quantitative estimate of drug-likeness (QED) is 0.375. The van der Waals surface area contributed by atoms with Crippen LogP contribution in [0.25, 0.3) is 0 Å². The molecule has 0 aromatic carbocycles. The Labute approximate surface area is 143 Å². The molecule has 0 unspecified atom stereocenters. The second-order valence-corrected chi connectivity index (χ2v) is 6.99. The molecule has 5 heteroatoms. The number of hydrogen-bond donors (Lipinski definition) is 1. The number of nitrogens with zero attached hydrogens (tertiary/aromatic N) is 1. The van der Waals surface area contributed by atoms with Crippen LogP contribution >= 0.6 is 0 Å². The average Bonchev–Trinajstić information content (AvgIpc) is 2.92. The van der Waals surface area contributed by atoms with Crippen LogP contribution in [0.2, 0.25) is 0 Å². The third-order valence-electron chi connectivity index (χ3n) is 4.38. The van der Waals surface area contributed by atoms with E-state index < -0.39 is 5.97 Å². The lowest BCUT2D eigenvalue weighted by Gasteiger charge is -2.28. The molecule has 130 valence electrons. The summed E-state index contributed by atoms with van der Waals surface area (Å²) in [6.07, 6.45) is 8.07. The third kappa shape index (κ3) is 4.43. The molecular formula is C19H26N2O3. The monoisotopic (exact) mass is 330 g/mol. The lowest BCUT2D eigenvalue weighted by molar-refractivity contribution is -0.141. The first kappa shape index (κ1) is 18.2. The smallest absolute Gasteiger partial charge is 0.314 e. The number of ketones is 1. The molecule has 1 N–H and O–H groups in total. The van der Waals surface area contributed by atoms with Crippen molar-refractivity contribution >= 4 is 11.8 Å². The van der Waals surface area contributed by atoms with E-state index >= 15 is 0 Å². The lowest BCUT2D eigenvalue weighted by Crippen LogP contribution is -2.23. The fraction of sp³-hybridized carbons (Fsp3) is 0.526. The molecule has 0 bridgehead atoms. The highest BCUT2D eigenvalue weighted by Crippen LogP contribution is 2.35. The van der Waals surface area contributed by atoms with E-state index in [2.05, 4.69) is 24.0 Å². The summed E-state index contributed by atoms with van der Waals surface area (Å²) in [5, 5.41) is 7.12. The molecule has 24 heavy (non-hydrogen) atoms. The van der Waals surface area contributed by atoms with Gasteiger partial charge in [-0.25, -0.2) is 0 Å². The maximum Gasteiger partial charge on any atom is 0.314 e. The number of allylic oxidation sites excluding steroid dienone is 2. The number of esters is 1. The van der Waals surface area contributed by atoms with Crippen LogP contribution in [-0.4, -0.2) is 28.6 Å². The van der Waals surface area contributed by atoms with Crippen LogP contribution < -0.4 is 0 Å². The topological polar surface area (TPSA) is 72.1 Å². The van der Waals surface area contributed by atoms with E-state index in [0.717, 1.165) is 36.1 Å². The SMILES string of the molecule is C/C=C\C(=C/C)COC(=O)CC(=O)c1n[nH]c2c1CCC(C)(C)C2. The van der Waals surface area contributed by atoms with Crippen molar-refractivity contribution in [2.75, 3.05) is 6.61 Å². The predicted octanol–water partition coefficient (Wildman–Crippen LogP) is 3.56. The zero-order valence-corrected chi connectivity index (χ0v) is 14.9. The zero-order chi connectivity index (χ0) is 17.7. The molecule has 0 fully saturated rings. The first-order chi connectivity index (χ1) is 11.4. The van der Waals surface area contributed by atoms with Gasteiger partial charge in [-0.1, -0.05) is 32.1 Å². The first-order valence-corrected chi connectivity index (χ1v) is 8.39. The molecule has 0 saturated carbocycles. The second kappa shape index (κ2) is 7.60. The lowest BCUT2D eigenvalue weighted by atomic mass is 9.76. The van der Waals surface area contributed by atoms with Gasteiger partial charge in [-0.15, -0.1) is 0 Å². The summed E-state index contributed by atoms with van der Waals surface area (Å²) in [6, 6.07) is 0. The van der Waals surface area contributed by atoms with Crippen LogP contribution in [0, 0.1) is 5.41 Å². The first-order valence-electron chi connectivity index (χ1n) is 8.39. The fourth-order valence-corrected chi connectivity index (χ4v) is 2.95. The standard InChI is InChI=1S/C19H26N2O3/c1-5-7-13(6-2)12-24-17(23)10-16(22)18-14-8-9-19(3,4)11-15(14)20-21-18/h5-7H,8-12H2,1-4H3,(H,20,21)/b7-5-,13-6+. The van der Waals surface area contributed by atoms with E-state index in [1.807, 2.05) is 32.1 Å². The summed E-state index contributed by atoms with van der Waals surface area (Å²) < 4.78 is 5.18. The maximum absolute atomic E-state index is 12.4. The van der Waals surface area contributed by atoms with Crippen LogP contribution in [0.1, 0.15) is 62.3 Å². The van der Waals surface area contributed by atoms with Crippen molar-refractivity contribution in [3.05, 3.63) is 40.8 Å². The summed E-state index contributed by atoms with van der Waals surface area (Å²) in [7, 11) is 0. The second-order valence-electron chi connectivity index (χ2n) is 6.99. The molecule has 0 amide bonds. The van der Waals surface area contributed by atoms with Gasteiger partial charge < -0.3 is 4.74 Å². The number of carbonyl (C=O) groups is 2. The van der Waals surface area contributed by atoms with Gasteiger partial charge in [-0.3, -0.25) is 14.7 Å². The molecule has 1 aromatic rings. The van der Waals surface area contributed by atoms with Crippen LogP contribution in [0.5, 0.6) is 0 Å². The summed E-state index contributed by atoms with van der Waals surface area (Å²) in [4.78, 5) is 24.3. The average molecular weight is 330 g/mol. The van der Waals surface area contributed by atoms with E-state index in [-0.39, 0.29) is 24.2 Å². The summed E-state index contributed by atoms with van der Waals surface area (Å²) in [6.45, 7) is 8.38. The van der Waals surface area contributed by atoms with Gasteiger partial charge in [0.2, 0.25) is 0 Å². The minimum atomic E-state index is -0.517. The van der Waals surface area contributed by atoms with Gasteiger partial charge in [-0.05, 0) is 44.1 Å². The van der Waals surface area contributed by atoms with Crippen molar-refractivity contribution in [1.29, 1.82) is 0 Å². The normalized spacial score (nSPS) is 16.9. The highest BCUT2D eigenvalue weighted by molar-refractivity contribution is 6.05. The number of nitrogens with one attached hydrogen (secondary N) is 1. The van der Waals surface area contributed by atoms with E-state index in [4.69, 9.17) is 4.74 Å². The van der Waals surface area contributed by atoms with Crippen LogP contribution in [0.4, 0.5) is 0 Å². The van der Waals surface area contributed by atoms with Gasteiger partial charge in [0.1, 0.15) is 18.7 Å². The Bertz CT molecular complexity index is 681. The number of aromatic nitrogens is 2. The molecule has 0 spiro atoms. The zero-order valence-electron chi connectivity index (χ0n) is 14.9. The van der Waals surface area contributed by atoms with Gasteiger partial charge in [-0.2, -0.15) is 5.10 Å². The Morgan fingerprint density at radius 2 is 2.08 bits per heavy atom. The molecule has 0 radical (unpaired) electrons. The minimum absolute atomic E-state index is 0.180. The Morgan fingerprint density at radius 3 is 2.75 bits per heavy atom. The summed E-state index contributed by atoms with van der Waals surface area (Å²) in [5.74, 6) is -0.790. The van der Waals surface area contributed by atoms with Crippen LogP contribution in [0.3, 0.4) is 0 Å². The molecule has 1 aliphatic rings. The van der Waals surface area contributed by atoms with Gasteiger partial charge in [0.25, 0.3) is 0 Å². The Hall–Kier alpha value is -2.17. The van der Waals surface area contributed by atoms with Crippen molar-refractivity contribution in [3.63, 3.8) is 0 Å². The summed E-state index contributed by atoms with van der Waals surface area (Å²) in [5.41, 5.74) is 3.51. The highest BCUT2D eigenvalue weighted by atomic mass is 16.5. The molecule has 1 heterocycles. The van der Waals surface area contributed by atoms with E-state index in [9.17, 15) is 9.59 Å². The number of carbonyl (C=O) groups excluding carboxylic acids is 2. The van der Waals surface area contributed by atoms with Crippen molar-refractivity contribution < 1.29 is 14.3 Å². The largest absolute Gasteiger partial charge is 0.460 e. The number of aromatic amines is 1. The molecule has 0 atom stereocenters. The van der Waals surface area contributed by atoms with E-state index in [1.54, 1.807) is 0 Å². The van der Waals surface area contributed by atoms with Crippen molar-refractivity contribution in [2.45, 2.75) is 53.4 Å². The number of hydrogen-bond acceptors (Lipinski definition) is 4. The fourth-order valence-electron chi connectivity index (χ4n) is 2.95. The molecule has 1 aliphatic carbocycles. The Kier molecular flexibility index (Phi) is 5.75. The van der Waals surface area contributed by atoms with Crippen molar-refractivity contribution in [3.8, 4) is 0 Å². The summed E-state index contributed by atoms with van der Waals surface area (Å²) >= 11 is 0. The Morgan fingerprint density at radius 1 is 1.33 bits per heavy atom. The van der Waals surface area contributed by atoms with Gasteiger partial charge in [0, 0.05) is 11.3 Å². The Balaban J connectivity index is 1.96. The van der Waals surface area contributed by atoms with Gasteiger partial charge in [0.05, 0.1) is 0 Å². The number of H-pyrrole nitrogens is 1. The molecular weight excluding hydrogens is 304 g/mol. The minimum Gasteiger partial charge on any atom is -0.460 e. The molecule has 1 aromatic heterocycles. The molecule has 5 nitrogen and oxygen atoms in total. The predicted molar refractivity (Wildman–Crippen MR) is 92.9 cm³/mol. The molecule has 2 rings (SSSR count). The highest BCUT2D eigenvalue weighted by Gasteiger charge is 2.31. The maximum atomic E-state index is 12.4. The number of ether oxygens (including phenoxy) is 1. The number of rotatable bonds is 6. The number of Topliss-reactive ketones (excluding diaryl/α,β-unsaturated/α-hetero) is 1. The molecule has 0 aliphatic heterocycles. The van der Waals surface area contributed by atoms with E-state index in [1.165, 1.54) is 0 Å². The van der Waals surface area contributed by atoms with Crippen molar-refractivity contribution in [1.82, 2.24) is 10.2 Å².